The molecule has 4 heterocycles. The number of benzene rings is 1. The summed E-state index contributed by atoms with van der Waals surface area (Å²) in [5, 5.41) is 0.170. The number of ether oxygens (including phenoxy) is 1. The number of halogens is 1. The fraction of sp³-hybridized carbons (Fsp3) is 0.115. The average molecular weight is 547 g/mol. The van der Waals surface area contributed by atoms with Crippen LogP contribution in [0.2, 0.25) is 0 Å². The lowest BCUT2D eigenvalue weighted by Gasteiger charge is -2.14. The minimum atomic E-state index is -0.715. The van der Waals surface area contributed by atoms with Crippen LogP contribution in [0.1, 0.15) is 33.4 Å². The Bertz CT molecular complexity index is 1740. The normalized spacial score (nSPS) is 11.8. The molecule has 0 aliphatic carbocycles. The van der Waals surface area contributed by atoms with Gasteiger partial charge in [0.15, 0.2) is 5.49 Å². The number of hydrogen-bond acceptors (Lipinski definition) is 6. The molecular weight excluding hydrogens is 528 g/mol. The molecule has 36 heavy (non-hydrogen) atoms. The van der Waals surface area contributed by atoms with Crippen LogP contribution < -0.4 is 11.0 Å². The van der Waals surface area contributed by atoms with E-state index in [1.807, 2.05) is 0 Å². The van der Waals surface area contributed by atoms with Crippen LogP contribution in [-0.4, -0.2) is 32.4 Å². The van der Waals surface area contributed by atoms with E-state index in [0.29, 0.717) is 17.0 Å². The molecule has 0 radical (unpaired) electrons. The van der Waals surface area contributed by atoms with E-state index in [1.165, 1.54) is 21.3 Å². The second-order valence-corrected chi connectivity index (χ2v) is 8.69. The van der Waals surface area contributed by atoms with Crippen molar-refractivity contribution in [3.8, 4) is 0 Å². The molecule has 180 valence electrons. The number of aromatic nitrogens is 3. The lowest BCUT2D eigenvalue weighted by Crippen LogP contribution is -2.33. The highest BCUT2D eigenvalue weighted by Gasteiger charge is 2.21. The van der Waals surface area contributed by atoms with E-state index < -0.39 is 11.9 Å². The van der Waals surface area contributed by atoms with Crippen LogP contribution in [0.15, 0.2) is 91.8 Å². The molecule has 1 amide bonds. The average Bonchev–Trinajstić information content (AvgIpc) is 3.39. The highest BCUT2D eigenvalue weighted by atomic mass is 79.9. The number of furan rings is 1. The van der Waals surface area contributed by atoms with Gasteiger partial charge in [-0.3, -0.25) is 14.0 Å². The standard InChI is InChI=1S/C26H19BrN4O5/c1-2-35-26(34)20-14-19-22(28-21-7-3-4-12-30(21)25(19)33)31(15-18-6-5-13-36-18)23(20)29-24(32)16-8-10-17(27)11-9-16/h3-14H,2,15H2,1H3. The summed E-state index contributed by atoms with van der Waals surface area (Å²) in [6.45, 7) is 1.84. The van der Waals surface area contributed by atoms with Gasteiger partial charge < -0.3 is 13.7 Å². The van der Waals surface area contributed by atoms with Crippen molar-refractivity contribution in [2.75, 3.05) is 6.61 Å². The quantitative estimate of drug-likeness (QED) is 0.244. The first-order chi connectivity index (χ1) is 17.5. The Morgan fingerprint density at radius 2 is 1.92 bits per heavy atom. The number of amides is 1. The van der Waals surface area contributed by atoms with Gasteiger partial charge in [-0.2, -0.15) is 4.99 Å². The molecule has 0 bridgehead atoms. The first kappa shape index (κ1) is 23.4. The maximum Gasteiger partial charge on any atom is 0.341 e. The van der Waals surface area contributed by atoms with Crippen LogP contribution in [0, 0.1) is 0 Å². The zero-order chi connectivity index (χ0) is 25.2. The SMILES string of the molecule is CCOC(=O)c1cc2c(=O)n3ccccc3nc2n(Cc2ccco2)c1=NC(=O)c1ccc(Br)cc1. The molecule has 0 saturated heterocycles. The molecule has 1 aromatic carbocycles. The molecule has 0 aliphatic heterocycles. The molecule has 0 aliphatic rings. The largest absolute Gasteiger partial charge is 0.467 e. The summed E-state index contributed by atoms with van der Waals surface area (Å²) in [6, 6.07) is 16.7. The zero-order valence-electron chi connectivity index (χ0n) is 19.1. The first-order valence-corrected chi connectivity index (χ1v) is 11.8. The molecule has 5 rings (SSSR count). The van der Waals surface area contributed by atoms with Gasteiger partial charge >= 0.3 is 5.97 Å². The van der Waals surface area contributed by atoms with Crippen molar-refractivity contribution in [2.24, 2.45) is 4.99 Å². The number of esters is 1. The fourth-order valence-electron chi connectivity index (χ4n) is 3.82. The molecule has 0 fully saturated rings. The van der Waals surface area contributed by atoms with Crippen LogP contribution in [-0.2, 0) is 11.3 Å². The summed E-state index contributed by atoms with van der Waals surface area (Å²) in [5.74, 6) is -0.768. The van der Waals surface area contributed by atoms with E-state index in [4.69, 9.17) is 9.15 Å². The second-order valence-electron chi connectivity index (χ2n) is 7.77. The third-order valence-corrected chi connectivity index (χ3v) is 6.01. The highest BCUT2D eigenvalue weighted by Crippen LogP contribution is 2.15. The monoisotopic (exact) mass is 546 g/mol. The summed E-state index contributed by atoms with van der Waals surface area (Å²) < 4.78 is 14.5. The summed E-state index contributed by atoms with van der Waals surface area (Å²) in [5.41, 5.74) is 0.577. The van der Waals surface area contributed by atoms with Crippen molar-refractivity contribution in [1.29, 1.82) is 0 Å². The number of hydrogen-bond donors (Lipinski definition) is 0. The fourth-order valence-corrected chi connectivity index (χ4v) is 4.08. The topological polar surface area (TPSA) is 108 Å². The van der Waals surface area contributed by atoms with E-state index >= 15 is 0 Å². The van der Waals surface area contributed by atoms with Crippen molar-refractivity contribution in [3.05, 3.63) is 110 Å². The summed E-state index contributed by atoms with van der Waals surface area (Å²) in [7, 11) is 0. The van der Waals surface area contributed by atoms with Gasteiger partial charge in [-0.1, -0.05) is 22.0 Å². The molecule has 0 atom stereocenters. The zero-order valence-corrected chi connectivity index (χ0v) is 20.6. The van der Waals surface area contributed by atoms with Crippen molar-refractivity contribution >= 4 is 44.5 Å². The lowest BCUT2D eigenvalue weighted by atomic mass is 10.2. The molecule has 0 saturated carbocycles. The number of fused-ring (bicyclic) bond motifs is 2. The molecule has 0 spiro atoms. The van der Waals surface area contributed by atoms with Crippen molar-refractivity contribution in [2.45, 2.75) is 13.5 Å². The minimum Gasteiger partial charge on any atom is -0.467 e. The Morgan fingerprint density at radius 1 is 1.11 bits per heavy atom. The molecule has 0 unspecified atom stereocenters. The van der Waals surface area contributed by atoms with Crippen LogP contribution in [0.3, 0.4) is 0 Å². The molecule has 10 heteroatoms. The summed E-state index contributed by atoms with van der Waals surface area (Å²) >= 11 is 3.35. The van der Waals surface area contributed by atoms with Crippen LogP contribution in [0.4, 0.5) is 0 Å². The van der Waals surface area contributed by atoms with Crippen LogP contribution in [0.5, 0.6) is 0 Å². The maximum absolute atomic E-state index is 13.4. The van der Waals surface area contributed by atoms with Gasteiger partial charge in [0, 0.05) is 16.2 Å². The number of pyridine rings is 2. The molecule has 9 nitrogen and oxygen atoms in total. The van der Waals surface area contributed by atoms with Gasteiger partial charge in [0.25, 0.3) is 11.5 Å². The van der Waals surface area contributed by atoms with Gasteiger partial charge in [0.2, 0.25) is 0 Å². The number of nitrogens with zero attached hydrogens (tertiary/aromatic N) is 4. The van der Waals surface area contributed by atoms with Crippen molar-refractivity contribution in [3.63, 3.8) is 0 Å². The van der Waals surface area contributed by atoms with E-state index in [2.05, 4.69) is 25.9 Å². The van der Waals surface area contributed by atoms with Gasteiger partial charge in [0.1, 0.15) is 22.6 Å². The maximum atomic E-state index is 13.4. The van der Waals surface area contributed by atoms with Gasteiger partial charge in [0.05, 0.1) is 24.8 Å². The van der Waals surface area contributed by atoms with E-state index in [0.717, 1.165) is 4.47 Å². The summed E-state index contributed by atoms with van der Waals surface area (Å²) in [6.07, 6.45) is 3.11. The van der Waals surface area contributed by atoms with Gasteiger partial charge in [-0.05, 0) is 61.5 Å². The Morgan fingerprint density at radius 3 is 2.64 bits per heavy atom. The van der Waals surface area contributed by atoms with Gasteiger partial charge in [-0.25, -0.2) is 9.78 Å². The Labute approximate surface area is 212 Å². The van der Waals surface area contributed by atoms with E-state index in [1.54, 1.807) is 67.7 Å². The first-order valence-electron chi connectivity index (χ1n) is 11.1. The van der Waals surface area contributed by atoms with E-state index in [-0.39, 0.29) is 40.8 Å². The molecule has 4 aromatic heterocycles. The highest BCUT2D eigenvalue weighted by molar-refractivity contribution is 9.10. The Hall–Kier alpha value is -4.31. The van der Waals surface area contributed by atoms with Crippen LogP contribution >= 0.6 is 15.9 Å². The minimum absolute atomic E-state index is 0.0115. The molecule has 0 N–H and O–H groups in total. The third-order valence-electron chi connectivity index (χ3n) is 5.48. The number of carbonyl (C=O) groups excluding carboxylic acids is 2. The molecule has 5 aromatic rings. The lowest BCUT2D eigenvalue weighted by molar-refractivity contribution is 0.0523. The predicted molar refractivity (Wildman–Crippen MR) is 135 cm³/mol. The second kappa shape index (κ2) is 9.74. The van der Waals surface area contributed by atoms with E-state index in [9.17, 15) is 14.4 Å². The number of carbonyl (C=O) groups is 2. The predicted octanol–water partition coefficient (Wildman–Crippen LogP) is 3.97. The van der Waals surface area contributed by atoms with Crippen molar-refractivity contribution in [1.82, 2.24) is 14.0 Å². The van der Waals surface area contributed by atoms with Gasteiger partial charge in [-0.15, -0.1) is 0 Å². The Kier molecular flexibility index (Phi) is 6.34. The molecular formula is C26H19BrN4O5. The van der Waals surface area contributed by atoms with Crippen molar-refractivity contribution < 1.29 is 18.7 Å². The third kappa shape index (κ3) is 4.38. The number of rotatable bonds is 5. The van der Waals surface area contributed by atoms with Crippen LogP contribution in [0.25, 0.3) is 16.7 Å². The smallest absolute Gasteiger partial charge is 0.341 e. The summed E-state index contributed by atoms with van der Waals surface area (Å²) in [4.78, 5) is 48.6. The Balaban J connectivity index is 1.89.